The highest BCUT2D eigenvalue weighted by atomic mass is 16.3. The van der Waals surface area contributed by atoms with E-state index in [2.05, 4.69) is 6.58 Å². The SMILES string of the molecule is C=C/C=C(/C)O. The molecule has 0 aromatic carbocycles. The van der Waals surface area contributed by atoms with E-state index in [0.29, 0.717) is 5.76 Å². The summed E-state index contributed by atoms with van der Waals surface area (Å²) >= 11 is 0. The predicted molar refractivity (Wildman–Crippen MR) is 26.6 cm³/mol. The lowest BCUT2D eigenvalue weighted by atomic mass is 10.5. The van der Waals surface area contributed by atoms with Gasteiger partial charge in [-0.25, -0.2) is 0 Å². The Morgan fingerprint density at radius 3 is 2.33 bits per heavy atom. The summed E-state index contributed by atoms with van der Waals surface area (Å²) in [7, 11) is 0. The molecular formula is C5H8O. The number of aliphatic hydroxyl groups is 1. The van der Waals surface area contributed by atoms with Crippen LogP contribution in [0.3, 0.4) is 0 Å². The van der Waals surface area contributed by atoms with Crippen molar-refractivity contribution in [1.82, 2.24) is 0 Å². The van der Waals surface area contributed by atoms with Crippen molar-refractivity contribution >= 4 is 0 Å². The molecule has 1 heteroatoms. The maximum absolute atomic E-state index is 8.34. The van der Waals surface area contributed by atoms with Crippen molar-refractivity contribution in [3.63, 3.8) is 0 Å². The van der Waals surface area contributed by atoms with Crippen molar-refractivity contribution in [3.8, 4) is 0 Å². The average molecular weight is 84.1 g/mol. The van der Waals surface area contributed by atoms with E-state index >= 15 is 0 Å². The van der Waals surface area contributed by atoms with Gasteiger partial charge in [-0.2, -0.15) is 0 Å². The zero-order valence-electron chi connectivity index (χ0n) is 3.81. The van der Waals surface area contributed by atoms with Crippen LogP contribution in [0, 0.1) is 0 Å². The number of hydrogen-bond acceptors (Lipinski definition) is 1. The van der Waals surface area contributed by atoms with Gasteiger partial charge in [0, 0.05) is 0 Å². The smallest absolute Gasteiger partial charge is 0.0891 e. The molecule has 0 saturated heterocycles. The van der Waals surface area contributed by atoms with Gasteiger partial charge in [0.2, 0.25) is 0 Å². The monoisotopic (exact) mass is 84.1 g/mol. The van der Waals surface area contributed by atoms with Gasteiger partial charge in [-0.05, 0) is 13.0 Å². The van der Waals surface area contributed by atoms with E-state index in [1.54, 1.807) is 6.92 Å². The first-order chi connectivity index (χ1) is 2.77. The second-order valence-electron chi connectivity index (χ2n) is 1.04. The fraction of sp³-hybridized carbons (Fsp3) is 0.200. The maximum atomic E-state index is 8.34. The zero-order chi connectivity index (χ0) is 4.99. The van der Waals surface area contributed by atoms with Gasteiger partial charge in [0.15, 0.2) is 0 Å². The lowest BCUT2D eigenvalue weighted by Crippen LogP contribution is -1.62. The van der Waals surface area contributed by atoms with Gasteiger partial charge in [0.05, 0.1) is 5.76 Å². The second-order valence-corrected chi connectivity index (χ2v) is 1.04. The molecule has 0 heterocycles. The highest BCUT2D eigenvalue weighted by Gasteiger charge is 1.66. The predicted octanol–water partition coefficient (Wildman–Crippen LogP) is 1.63. The van der Waals surface area contributed by atoms with Gasteiger partial charge in [-0.15, -0.1) is 0 Å². The summed E-state index contributed by atoms with van der Waals surface area (Å²) in [6.07, 6.45) is 3.06. The van der Waals surface area contributed by atoms with E-state index in [-0.39, 0.29) is 0 Å². The van der Waals surface area contributed by atoms with Gasteiger partial charge >= 0.3 is 0 Å². The Morgan fingerprint density at radius 2 is 2.33 bits per heavy atom. The molecule has 6 heavy (non-hydrogen) atoms. The maximum Gasteiger partial charge on any atom is 0.0891 e. The quantitative estimate of drug-likeness (QED) is 0.378. The van der Waals surface area contributed by atoms with Crippen LogP contribution in [-0.4, -0.2) is 5.11 Å². The van der Waals surface area contributed by atoms with Crippen molar-refractivity contribution in [1.29, 1.82) is 0 Å². The molecule has 0 aromatic heterocycles. The fourth-order valence-electron chi connectivity index (χ4n) is 0.171. The molecule has 0 saturated carbocycles. The summed E-state index contributed by atoms with van der Waals surface area (Å²) in [5.41, 5.74) is 0. The molecule has 34 valence electrons. The molecule has 0 bridgehead atoms. The summed E-state index contributed by atoms with van der Waals surface area (Å²) in [5.74, 6) is 0.296. The Labute approximate surface area is 37.6 Å². The molecule has 0 rings (SSSR count). The van der Waals surface area contributed by atoms with Crippen LogP contribution in [0.1, 0.15) is 6.92 Å². The van der Waals surface area contributed by atoms with E-state index in [9.17, 15) is 0 Å². The third-order valence-electron chi connectivity index (χ3n) is 0.359. The van der Waals surface area contributed by atoms with E-state index in [1.165, 1.54) is 12.2 Å². The van der Waals surface area contributed by atoms with E-state index in [0.717, 1.165) is 0 Å². The summed E-state index contributed by atoms with van der Waals surface area (Å²) in [5, 5.41) is 8.34. The Hall–Kier alpha value is -0.720. The minimum absolute atomic E-state index is 0.296. The standard InChI is InChI=1S/C5H8O/c1-3-4-5(2)6/h3-4,6H,1H2,2H3/b5-4-. The summed E-state index contributed by atoms with van der Waals surface area (Å²) < 4.78 is 0. The Balaban J connectivity index is 3.41. The lowest BCUT2D eigenvalue weighted by molar-refractivity contribution is 0.414. The molecule has 0 spiro atoms. The van der Waals surface area contributed by atoms with E-state index in [1.807, 2.05) is 0 Å². The fourth-order valence-corrected chi connectivity index (χ4v) is 0.171. The lowest BCUT2D eigenvalue weighted by Gasteiger charge is -1.76. The molecule has 1 N–H and O–H groups in total. The van der Waals surface area contributed by atoms with Crippen molar-refractivity contribution < 1.29 is 5.11 Å². The minimum atomic E-state index is 0.296. The molecule has 0 atom stereocenters. The highest BCUT2D eigenvalue weighted by molar-refractivity contribution is 4.99. The van der Waals surface area contributed by atoms with Crippen LogP contribution in [0.25, 0.3) is 0 Å². The Kier molecular flexibility index (Phi) is 2.21. The Morgan fingerprint density at radius 1 is 1.83 bits per heavy atom. The highest BCUT2D eigenvalue weighted by Crippen LogP contribution is 1.80. The van der Waals surface area contributed by atoms with Crippen molar-refractivity contribution in [2.45, 2.75) is 6.92 Å². The summed E-state index contributed by atoms with van der Waals surface area (Å²) in [6.45, 7) is 4.96. The van der Waals surface area contributed by atoms with Crippen LogP contribution < -0.4 is 0 Å². The molecule has 0 fully saturated rings. The van der Waals surface area contributed by atoms with Gasteiger partial charge in [0.25, 0.3) is 0 Å². The number of aliphatic hydroxyl groups excluding tert-OH is 1. The summed E-state index contributed by atoms with van der Waals surface area (Å²) in [4.78, 5) is 0. The van der Waals surface area contributed by atoms with E-state index in [4.69, 9.17) is 5.11 Å². The minimum Gasteiger partial charge on any atom is -0.513 e. The number of rotatable bonds is 1. The molecule has 0 radical (unpaired) electrons. The molecular weight excluding hydrogens is 76.1 g/mol. The number of hydrogen-bond donors (Lipinski definition) is 1. The van der Waals surface area contributed by atoms with Crippen LogP contribution in [0.2, 0.25) is 0 Å². The normalized spacial score (nSPS) is 11.2. The molecule has 0 aromatic rings. The van der Waals surface area contributed by atoms with Crippen LogP contribution in [-0.2, 0) is 0 Å². The van der Waals surface area contributed by atoms with Crippen molar-refractivity contribution in [3.05, 3.63) is 24.5 Å². The first-order valence-corrected chi connectivity index (χ1v) is 1.75. The van der Waals surface area contributed by atoms with Crippen LogP contribution >= 0.6 is 0 Å². The van der Waals surface area contributed by atoms with Crippen molar-refractivity contribution in [2.24, 2.45) is 0 Å². The second kappa shape index (κ2) is 2.51. The first kappa shape index (κ1) is 5.28. The molecule has 0 aliphatic carbocycles. The Bertz CT molecular complexity index is 68.0. The van der Waals surface area contributed by atoms with E-state index < -0.39 is 0 Å². The molecule has 1 nitrogen and oxygen atoms in total. The van der Waals surface area contributed by atoms with Crippen LogP contribution in [0.4, 0.5) is 0 Å². The summed E-state index contributed by atoms with van der Waals surface area (Å²) in [6, 6.07) is 0. The average Bonchev–Trinajstić information content (AvgIpc) is 1.35. The molecule has 0 aliphatic heterocycles. The van der Waals surface area contributed by atoms with Gasteiger partial charge in [-0.1, -0.05) is 12.7 Å². The van der Waals surface area contributed by atoms with Crippen LogP contribution in [0.15, 0.2) is 24.5 Å². The van der Waals surface area contributed by atoms with Crippen LogP contribution in [0.5, 0.6) is 0 Å². The number of allylic oxidation sites excluding steroid dienone is 3. The van der Waals surface area contributed by atoms with Crippen molar-refractivity contribution in [2.75, 3.05) is 0 Å². The largest absolute Gasteiger partial charge is 0.513 e. The zero-order valence-corrected chi connectivity index (χ0v) is 3.81. The molecule has 0 unspecified atom stereocenters. The third kappa shape index (κ3) is 3.28. The first-order valence-electron chi connectivity index (χ1n) is 1.75. The topological polar surface area (TPSA) is 20.2 Å². The van der Waals surface area contributed by atoms with Gasteiger partial charge < -0.3 is 5.11 Å². The third-order valence-corrected chi connectivity index (χ3v) is 0.359. The van der Waals surface area contributed by atoms with Gasteiger partial charge in [0.1, 0.15) is 0 Å². The molecule has 0 amide bonds. The molecule has 0 aliphatic rings. The van der Waals surface area contributed by atoms with Gasteiger partial charge in [-0.3, -0.25) is 0 Å².